The molecule has 118 valence electrons. The third-order valence-corrected chi connectivity index (χ3v) is 3.42. The van der Waals surface area contributed by atoms with Crippen molar-refractivity contribution in [2.24, 2.45) is 0 Å². The molecule has 1 aliphatic rings. The third-order valence-electron chi connectivity index (χ3n) is 3.19. The molecule has 2 rings (SSSR count). The van der Waals surface area contributed by atoms with Crippen LogP contribution in [0.25, 0.3) is 0 Å². The molecule has 0 saturated heterocycles. The molecule has 0 amide bonds. The minimum Gasteiger partial charge on any atom is -0.493 e. The van der Waals surface area contributed by atoms with E-state index >= 15 is 0 Å². The third kappa shape index (κ3) is 6.12. The van der Waals surface area contributed by atoms with Gasteiger partial charge in [-0.1, -0.05) is 11.6 Å². The Morgan fingerprint density at radius 1 is 1.38 bits per heavy atom. The normalized spacial score (nSPS) is 13.4. The topological polar surface area (TPSA) is 47.6 Å². The van der Waals surface area contributed by atoms with Crippen molar-refractivity contribution in [3.8, 4) is 5.75 Å². The minimum atomic E-state index is -0.432. The average molecular weight is 334 g/mol. The standard InChI is InChI=1S/C15H20ClNO3.ClH/c1-19-15(18)13-10-11(16)4-7-14(13)20-9-3-2-8-17-12-5-6-12;/h4,7,10,12,17H,2-3,5-6,8-9H2,1H3;1H. The summed E-state index contributed by atoms with van der Waals surface area (Å²) < 4.78 is 10.4. The summed E-state index contributed by atoms with van der Waals surface area (Å²) in [6, 6.07) is 5.73. The highest BCUT2D eigenvalue weighted by molar-refractivity contribution is 6.31. The molecule has 0 radical (unpaired) electrons. The first kappa shape index (κ1) is 18.1. The van der Waals surface area contributed by atoms with E-state index < -0.39 is 5.97 Å². The van der Waals surface area contributed by atoms with Crippen LogP contribution in [0.1, 0.15) is 36.0 Å². The smallest absolute Gasteiger partial charge is 0.341 e. The Bertz CT molecular complexity index is 464. The SMILES string of the molecule is COC(=O)c1cc(Cl)ccc1OCCCCNC1CC1.Cl. The van der Waals surface area contributed by atoms with Gasteiger partial charge >= 0.3 is 5.97 Å². The van der Waals surface area contributed by atoms with Crippen molar-refractivity contribution >= 4 is 30.0 Å². The number of nitrogens with one attached hydrogen (secondary N) is 1. The quantitative estimate of drug-likeness (QED) is 0.584. The number of hydrogen-bond donors (Lipinski definition) is 1. The van der Waals surface area contributed by atoms with Gasteiger partial charge in [0.05, 0.1) is 13.7 Å². The Kier molecular flexibility index (Phi) is 7.86. The Hall–Kier alpha value is -0.970. The highest BCUT2D eigenvalue weighted by Crippen LogP contribution is 2.24. The van der Waals surface area contributed by atoms with E-state index in [2.05, 4.69) is 5.32 Å². The fourth-order valence-corrected chi connectivity index (χ4v) is 2.07. The maximum Gasteiger partial charge on any atom is 0.341 e. The molecule has 4 nitrogen and oxygen atoms in total. The monoisotopic (exact) mass is 333 g/mol. The van der Waals surface area contributed by atoms with Crippen LogP contribution < -0.4 is 10.1 Å². The van der Waals surface area contributed by atoms with Gasteiger partial charge in [-0.25, -0.2) is 4.79 Å². The number of carbonyl (C=O) groups is 1. The lowest BCUT2D eigenvalue weighted by Gasteiger charge is -2.10. The highest BCUT2D eigenvalue weighted by atomic mass is 35.5. The summed E-state index contributed by atoms with van der Waals surface area (Å²) in [6.07, 6.45) is 4.63. The van der Waals surface area contributed by atoms with Crippen LogP contribution in [0.3, 0.4) is 0 Å². The molecule has 0 unspecified atom stereocenters. The molecule has 1 aromatic rings. The maximum atomic E-state index is 11.6. The molecule has 0 aromatic heterocycles. The van der Waals surface area contributed by atoms with Gasteiger partial charge in [0.15, 0.2) is 0 Å². The van der Waals surface area contributed by atoms with Crippen molar-refractivity contribution in [1.82, 2.24) is 5.32 Å². The average Bonchev–Trinajstić information content (AvgIpc) is 3.27. The minimum absolute atomic E-state index is 0. The maximum absolute atomic E-state index is 11.6. The molecule has 6 heteroatoms. The molecule has 1 aromatic carbocycles. The second kappa shape index (κ2) is 9.13. The zero-order chi connectivity index (χ0) is 14.4. The van der Waals surface area contributed by atoms with Crippen molar-refractivity contribution in [1.29, 1.82) is 0 Å². The Morgan fingerprint density at radius 3 is 2.81 bits per heavy atom. The number of esters is 1. The van der Waals surface area contributed by atoms with Crippen LogP contribution in [0.5, 0.6) is 5.75 Å². The predicted octanol–water partition coefficient (Wildman–Crippen LogP) is 3.46. The molecule has 1 aliphatic carbocycles. The van der Waals surface area contributed by atoms with Gasteiger partial charge in [-0.2, -0.15) is 0 Å². The predicted molar refractivity (Wildman–Crippen MR) is 85.8 cm³/mol. The number of hydrogen-bond acceptors (Lipinski definition) is 4. The van der Waals surface area contributed by atoms with Crippen LogP contribution in [0, 0.1) is 0 Å². The van der Waals surface area contributed by atoms with Gasteiger partial charge in [-0.3, -0.25) is 0 Å². The fourth-order valence-electron chi connectivity index (χ4n) is 1.90. The van der Waals surface area contributed by atoms with Gasteiger partial charge in [0, 0.05) is 11.1 Å². The van der Waals surface area contributed by atoms with Gasteiger partial charge in [0.1, 0.15) is 11.3 Å². The molecule has 1 N–H and O–H groups in total. The Labute approximate surface area is 136 Å². The number of methoxy groups -OCH3 is 1. The van der Waals surface area contributed by atoms with Crippen molar-refractivity contribution in [3.63, 3.8) is 0 Å². The van der Waals surface area contributed by atoms with Crippen molar-refractivity contribution in [2.75, 3.05) is 20.3 Å². The molecule has 0 bridgehead atoms. The van der Waals surface area contributed by atoms with Gasteiger partial charge < -0.3 is 14.8 Å². The lowest BCUT2D eigenvalue weighted by molar-refractivity contribution is 0.0596. The van der Waals surface area contributed by atoms with Crippen LogP contribution in [-0.2, 0) is 4.74 Å². The van der Waals surface area contributed by atoms with Gasteiger partial charge in [0.25, 0.3) is 0 Å². The van der Waals surface area contributed by atoms with E-state index in [1.165, 1.54) is 20.0 Å². The van der Waals surface area contributed by atoms with E-state index in [1.807, 2.05) is 0 Å². The van der Waals surface area contributed by atoms with Crippen molar-refractivity contribution in [3.05, 3.63) is 28.8 Å². The number of rotatable bonds is 8. The molecule has 0 spiro atoms. The van der Waals surface area contributed by atoms with E-state index in [9.17, 15) is 4.79 Å². The lowest BCUT2D eigenvalue weighted by atomic mass is 10.2. The van der Waals surface area contributed by atoms with E-state index in [1.54, 1.807) is 18.2 Å². The van der Waals surface area contributed by atoms with Crippen molar-refractivity contribution in [2.45, 2.75) is 31.7 Å². The highest BCUT2D eigenvalue weighted by Gasteiger charge is 2.19. The van der Waals surface area contributed by atoms with Gasteiger partial charge in [-0.05, 0) is 50.4 Å². The Morgan fingerprint density at radius 2 is 2.14 bits per heavy atom. The van der Waals surface area contributed by atoms with E-state index in [4.69, 9.17) is 21.1 Å². The largest absolute Gasteiger partial charge is 0.493 e. The fraction of sp³-hybridized carbons (Fsp3) is 0.533. The first-order valence-electron chi connectivity index (χ1n) is 6.95. The first-order valence-corrected chi connectivity index (χ1v) is 7.32. The molecule has 0 atom stereocenters. The zero-order valence-corrected chi connectivity index (χ0v) is 13.6. The Balaban J connectivity index is 0.00000220. The second-order valence-corrected chi connectivity index (χ2v) is 5.35. The van der Waals surface area contributed by atoms with E-state index in [0.717, 1.165) is 25.4 Å². The van der Waals surface area contributed by atoms with Crippen molar-refractivity contribution < 1.29 is 14.3 Å². The number of benzene rings is 1. The van der Waals surface area contributed by atoms with Gasteiger partial charge in [-0.15, -0.1) is 12.4 Å². The summed E-state index contributed by atoms with van der Waals surface area (Å²) >= 11 is 5.88. The number of unbranched alkanes of at least 4 members (excludes halogenated alkanes) is 1. The number of halogens is 2. The summed E-state index contributed by atoms with van der Waals surface area (Å²) in [5, 5.41) is 3.95. The molecule has 0 heterocycles. The summed E-state index contributed by atoms with van der Waals surface area (Å²) in [7, 11) is 1.34. The molecule has 1 saturated carbocycles. The second-order valence-electron chi connectivity index (χ2n) is 4.92. The summed E-state index contributed by atoms with van der Waals surface area (Å²) in [5.41, 5.74) is 0.371. The molecule has 0 aliphatic heterocycles. The van der Waals surface area contributed by atoms with Crippen LogP contribution in [0.4, 0.5) is 0 Å². The summed E-state index contributed by atoms with van der Waals surface area (Å²) in [4.78, 5) is 11.6. The van der Waals surface area contributed by atoms with Gasteiger partial charge in [0.2, 0.25) is 0 Å². The summed E-state index contributed by atoms with van der Waals surface area (Å²) in [6.45, 7) is 1.61. The number of carbonyl (C=O) groups excluding carboxylic acids is 1. The van der Waals surface area contributed by atoms with E-state index in [-0.39, 0.29) is 12.4 Å². The van der Waals surface area contributed by atoms with Crippen LogP contribution in [0.15, 0.2) is 18.2 Å². The van der Waals surface area contributed by atoms with E-state index in [0.29, 0.717) is 22.9 Å². The molecule has 21 heavy (non-hydrogen) atoms. The lowest BCUT2D eigenvalue weighted by Crippen LogP contribution is -2.18. The van der Waals surface area contributed by atoms with Crippen LogP contribution >= 0.6 is 24.0 Å². The molecule has 1 fully saturated rings. The number of ether oxygens (including phenoxy) is 2. The summed E-state index contributed by atoms with van der Waals surface area (Å²) in [5.74, 6) is 0.0919. The van der Waals surface area contributed by atoms with Crippen LogP contribution in [-0.4, -0.2) is 32.3 Å². The zero-order valence-electron chi connectivity index (χ0n) is 12.1. The van der Waals surface area contributed by atoms with Crippen LogP contribution in [0.2, 0.25) is 5.02 Å². The molecular weight excluding hydrogens is 313 g/mol. The molecular formula is C15H21Cl2NO3. The first-order chi connectivity index (χ1) is 9.70.